The second-order valence-electron chi connectivity index (χ2n) is 14.4. The summed E-state index contributed by atoms with van der Waals surface area (Å²) in [5.41, 5.74) is 19.8. The Hall–Kier alpha value is -5.46. The van der Waals surface area contributed by atoms with Gasteiger partial charge in [0.2, 0.25) is 0 Å². The lowest BCUT2D eigenvalue weighted by Crippen LogP contribution is -2.15. The van der Waals surface area contributed by atoms with Gasteiger partial charge in [0, 0.05) is 5.41 Å². The highest BCUT2D eigenvalue weighted by molar-refractivity contribution is 5.87. The van der Waals surface area contributed by atoms with Crippen molar-refractivity contribution < 1.29 is 0 Å². The lowest BCUT2D eigenvalue weighted by molar-refractivity contribution is 0.660. The summed E-state index contributed by atoms with van der Waals surface area (Å²) in [6.45, 7) is 22.7. The summed E-state index contributed by atoms with van der Waals surface area (Å²) >= 11 is 0. The van der Waals surface area contributed by atoms with Gasteiger partial charge >= 0.3 is 0 Å². The Morgan fingerprint density at radius 3 is 1.79 bits per heavy atom. The highest BCUT2D eigenvalue weighted by Gasteiger charge is 2.35. The third kappa shape index (κ3) is 8.52. The van der Waals surface area contributed by atoms with E-state index < -0.39 is 0 Å². The van der Waals surface area contributed by atoms with Crippen molar-refractivity contribution in [2.45, 2.75) is 66.7 Å². The molecule has 262 valence electrons. The van der Waals surface area contributed by atoms with E-state index in [0.29, 0.717) is 0 Å². The molecular weight excluding hydrogens is 625 g/mol. The second-order valence-corrected chi connectivity index (χ2v) is 14.4. The van der Waals surface area contributed by atoms with E-state index in [2.05, 4.69) is 207 Å². The molecule has 0 saturated heterocycles. The Kier molecular flexibility index (Phi) is 12.5. The number of rotatable bonds is 7. The Morgan fingerprint density at radius 1 is 0.577 bits per heavy atom. The largest absolute Gasteiger partial charge is 0.0988 e. The summed E-state index contributed by atoms with van der Waals surface area (Å²) in [6.07, 6.45) is 8.41. The minimum absolute atomic E-state index is 0.0709. The third-order valence-corrected chi connectivity index (χ3v) is 10.0. The Bertz CT molecular complexity index is 2170. The van der Waals surface area contributed by atoms with E-state index in [1.807, 2.05) is 6.08 Å². The summed E-state index contributed by atoms with van der Waals surface area (Å²) < 4.78 is 0. The summed E-state index contributed by atoms with van der Waals surface area (Å²) in [5.74, 6) is 0. The highest BCUT2D eigenvalue weighted by atomic mass is 14.4. The number of benzene rings is 6. The summed E-state index contributed by atoms with van der Waals surface area (Å²) in [5, 5.41) is 0. The van der Waals surface area contributed by atoms with Crippen molar-refractivity contribution >= 4 is 6.08 Å². The molecule has 0 fully saturated rings. The Balaban J connectivity index is 0.000000171. The molecule has 7 rings (SSSR count). The lowest BCUT2D eigenvalue weighted by atomic mass is 9.81. The van der Waals surface area contributed by atoms with Gasteiger partial charge in [-0.2, -0.15) is 0 Å². The van der Waals surface area contributed by atoms with Crippen LogP contribution in [0.3, 0.4) is 0 Å². The molecule has 6 aromatic rings. The monoisotopic (exact) mass is 678 g/mol. The van der Waals surface area contributed by atoms with Crippen LogP contribution in [0.15, 0.2) is 164 Å². The molecule has 0 saturated carbocycles. The normalized spacial score (nSPS) is 12.1. The van der Waals surface area contributed by atoms with Crippen LogP contribution in [0.2, 0.25) is 0 Å². The van der Waals surface area contributed by atoms with Crippen molar-refractivity contribution in [1.29, 1.82) is 0 Å². The van der Waals surface area contributed by atoms with Crippen molar-refractivity contribution in [3.05, 3.63) is 198 Å². The van der Waals surface area contributed by atoms with Crippen molar-refractivity contribution in [2.75, 3.05) is 0 Å². The van der Waals surface area contributed by atoms with E-state index in [9.17, 15) is 0 Å². The molecule has 6 aromatic carbocycles. The van der Waals surface area contributed by atoms with Crippen molar-refractivity contribution in [2.24, 2.45) is 0 Å². The van der Waals surface area contributed by atoms with Crippen LogP contribution in [-0.2, 0) is 5.41 Å². The van der Waals surface area contributed by atoms with E-state index in [-0.39, 0.29) is 5.41 Å². The molecule has 0 amide bonds. The van der Waals surface area contributed by atoms with Gasteiger partial charge in [0.25, 0.3) is 0 Å². The maximum Gasteiger partial charge on any atom is 0.0159 e. The van der Waals surface area contributed by atoms with Crippen LogP contribution < -0.4 is 0 Å². The average molecular weight is 679 g/mol. The predicted molar refractivity (Wildman–Crippen MR) is 230 cm³/mol. The van der Waals surface area contributed by atoms with Crippen LogP contribution in [0.25, 0.3) is 50.6 Å². The van der Waals surface area contributed by atoms with E-state index in [4.69, 9.17) is 0 Å². The molecular formula is C52H54. The molecule has 0 aliphatic heterocycles. The summed E-state index contributed by atoms with van der Waals surface area (Å²) in [6, 6.07) is 48.3. The van der Waals surface area contributed by atoms with Crippen LogP contribution in [-0.4, -0.2) is 0 Å². The quantitative estimate of drug-likeness (QED) is 0.147. The lowest BCUT2D eigenvalue weighted by Gasteiger charge is -2.22. The maximum atomic E-state index is 3.74. The van der Waals surface area contributed by atoms with Gasteiger partial charge in [-0.3, -0.25) is 0 Å². The van der Waals surface area contributed by atoms with E-state index >= 15 is 0 Å². The topological polar surface area (TPSA) is 0 Å². The Labute approximate surface area is 313 Å². The third-order valence-electron chi connectivity index (χ3n) is 10.0. The molecule has 0 bridgehead atoms. The van der Waals surface area contributed by atoms with Crippen LogP contribution in [0, 0.1) is 20.8 Å². The number of hydrogen-bond donors (Lipinski definition) is 0. The van der Waals surface area contributed by atoms with Gasteiger partial charge in [0.05, 0.1) is 0 Å². The standard InChI is InChI=1S/C23H22.C22H20.C7H12/c1-4-8-22-21(19-15-13-17(2)14-16-19)11-7-12-23(22)20-10-6-5-9-18(20)3;1-15-9-11-18-19-12-10-17(16-7-5-4-6-8-16)14-21(19)22(2,3)20(18)13-15;1-4-6-7(3)5-2/h4-16H,1-3H3;4-14H,1-3H3;5H,2-4,6H2,1H3/b8-4+;;. The van der Waals surface area contributed by atoms with Crippen molar-refractivity contribution in [1.82, 2.24) is 0 Å². The molecule has 52 heavy (non-hydrogen) atoms. The van der Waals surface area contributed by atoms with Gasteiger partial charge in [0.15, 0.2) is 0 Å². The summed E-state index contributed by atoms with van der Waals surface area (Å²) in [4.78, 5) is 0. The zero-order valence-corrected chi connectivity index (χ0v) is 32.3. The number of fused-ring (bicyclic) bond motifs is 3. The smallest absolute Gasteiger partial charge is 0.0159 e. The first-order chi connectivity index (χ1) is 25.1. The first-order valence-electron chi connectivity index (χ1n) is 18.6. The maximum absolute atomic E-state index is 3.74. The predicted octanol–water partition coefficient (Wildman–Crippen LogP) is 15.2. The van der Waals surface area contributed by atoms with E-state index in [1.54, 1.807) is 0 Å². The first-order valence-corrected chi connectivity index (χ1v) is 18.6. The van der Waals surface area contributed by atoms with Crippen molar-refractivity contribution in [3.8, 4) is 44.5 Å². The molecule has 0 nitrogen and oxygen atoms in total. The molecule has 0 atom stereocenters. The second kappa shape index (κ2) is 17.2. The molecule has 0 heterocycles. The minimum Gasteiger partial charge on any atom is -0.0988 e. The zero-order valence-electron chi connectivity index (χ0n) is 32.3. The molecule has 0 unspecified atom stereocenters. The van der Waals surface area contributed by atoms with Crippen LogP contribution >= 0.6 is 0 Å². The van der Waals surface area contributed by atoms with Gasteiger partial charge in [-0.25, -0.2) is 0 Å². The summed E-state index contributed by atoms with van der Waals surface area (Å²) in [7, 11) is 0. The fourth-order valence-corrected chi connectivity index (χ4v) is 7.09. The SMILES string of the molecule is C/C=C/c1c(-c2ccc(C)cc2)cccc1-c1ccccc1C.C=CC(=C)CCC.Cc1ccc2c(c1)C(C)(C)c1cc(-c3ccccc3)ccc1-2. The molecule has 0 heteroatoms. The zero-order chi connectivity index (χ0) is 37.3. The van der Waals surface area contributed by atoms with Crippen molar-refractivity contribution in [3.63, 3.8) is 0 Å². The van der Waals surface area contributed by atoms with Crippen LogP contribution in [0.4, 0.5) is 0 Å². The van der Waals surface area contributed by atoms with Gasteiger partial charge in [-0.15, -0.1) is 0 Å². The Morgan fingerprint density at radius 2 is 1.15 bits per heavy atom. The molecule has 1 aliphatic rings. The fourth-order valence-electron chi connectivity index (χ4n) is 7.09. The van der Waals surface area contributed by atoms with E-state index in [0.717, 1.165) is 12.0 Å². The molecule has 0 radical (unpaired) electrons. The minimum atomic E-state index is 0.0709. The van der Waals surface area contributed by atoms with E-state index in [1.165, 1.54) is 84.3 Å². The van der Waals surface area contributed by atoms with Gasteiger partial charge in [-0.1, -0.05) is 203 Å². The van der Waals surface area contributed by atoms with Crippen LogP contribution in [0.5, 0.6) is 0 Å². The average Bonchev–Trinajstić information content (AvgIpc) is 3.38. The fraction of sp³-hybridized carbons (Fsp3) is 0.192. The van der Waals surface area contributed by atoms with Gasteiger partial charge < -0.3 is 0 Å². The van der Waals surface area contributed by atoms with Gasteiger partial charge in [0.1, 0.15) is 0 Å². The molecule has 1 aliphatic carbocycles. The molecule has 0 N–H and O–H groups in total. The number of aryl methyl sites for hydroxylation is 3. The molecule has 0 aromatic heterocycles. The van der Waals surface area contributed by atoms with Gasteiger partial charge in [-0.05, 0) is 107 Å². The highest BCUT2D eigenvalue weighted by Crippen LogP contribution is 2.49. The number of allylic oxidation sites excluding steroid dienone is 3. The molecule has 0 spiro atoms. The first kappa shape index (κ1) is 37.8. The number of hydrogen-bond acceptors (Lipinski definition) is 0. The van der Waals surface area contributed by atoms with Crippen LogP contribution in [0.1, 0.15) is 73.9 Å².